The van der Waals surface area contributed by atoms with Gasteiger partial charge >= 0.3 is 11.9 Å². The SMILES string of the molecule is CC/C=C\C/C=C\C/C=C\C/C=C\CCCCC(=O)OC(COCCCCCCCC/C=C\C/C=C\CCCCC)COC(=O)CCCCCCCC/C=C\C/C=C\C/C=C\CCCCC. The maximum Gasteiger partial charge on any atom is 0.306 e. The summed E-state index contributed by atoms with van der Waals surface area (Å²) in [4.78, 5) is 25.5. The minimum Gasteiger partial charge on any atom is -0.462 e. The van der Waals surface area contributed by atoms with Crippen LogP contribution in [0.3, 0.4) is 0 Å². The van der Waals surface area contributed by atoms with Gasteiger partial charge in [-0.15, -0.1) is 0 Å². The fourth-order valence-corrected chi connectivity index (χ4v) is 7.18. The molecular weight excluding hydrogens is 813 g/mol. The largest absolute Gasteiger partial charge is 0.462 e. The molecule has 0 saturated heterocycles. The van der Waals surface area contributed by atoms with Crippen molar-refractivity contribution in [1.82, 2.24) is 0 Å². The van der Waals surface area contributed by atoms with Crippen molar-refractivity contribution in [3.05, 3.63) is 109 Å². The lowest BCUT2D eigenvalue weighted by Crippen LogP contribution is -2.30. The van der Waals surface area contributed by atoms with Gasteiger partial charge in [0.05, 0.1) is 6.61 Å². The quantitative estimate of drug-likeness (QED) is 0.0346. The summed E-state index contributed by atoms with van der Waals surface area (Å²) in [6.07, 6.45) is 76.7. The Labute approximate surface area is 408 Å². The molecular formula is C61H102O5. The molecule has 5 nitrogen and oxygen atoms in total. The summed E-state index contributed by atoms with van der Waals surface area (Å²) in [6.45, 7) is 7.58. The van der Waals surface area contributed by atoms with Gasteiger partial charge in [0.15, 0.2) is 6.10 Å². The van der Waals surface area contributed by atoms with Crippen molar-refractivity contribution < 1.29 is 23.8 Å². The van der Waals surface area contributed by atoms with E-state index < -0.39 is 6.10 Å². The molecule has 5 heteroatoms. The van der Waals surface area contributed by atoms with Gasteiger partial charge in [0, 0.05) is 19.4 Å². The Bertz CT molecular complexity index is 1310. The fraction of sp³-hybridized carbons (Fsp3) is 0.672. The number of unbranched alkanes of at least 4 members (excludes halogenated alkanes) is 20. The number of carbonyl (C=O) groups excluding carboxylic acids is 2. The van der Waals surface area contributed by atoms with E-state index in [1.54, 1.807) is 0 Å². The molecule has 1 unspecified atom stereocenters. The summed E-state index contributed by atoms with van der Waals surface area (Å²) >= 11 is 0. The molecule has 376 valence electrons. The molecule has 0 saturated carbocycles. The van der Waals surface area contributed by atoms with E-state index >= 15 is 0 Å². The number of carbonyl (C=O) groups is 2. The average Bonchev–Trinajstić information content (AvgIpc) is 3.32. The lowest BCUT2D eigenvalue weighted by atomic mass is 10.1. The molecule has 0 fully saturated rings. The predicted octanol–water partition coefficient (Wildman–Crippen LogP) is 18.8. The summed E-state index contributed by atoms with van der Waals surface area (Å²) in [6, 6.07) is 0. The number of ether oxygens (including phenoxy) is 3. The summed E-state index contributed by atoms with van der Waals surface area (Å²) in [5, 5.41) is 0. The monoisotopic (exact) mass is 915 g/mol. The van der Waals surface area contributed by atoms with E-state index in [0.717, 1.165) is 109 Å². The lowest BCUT2D eigenvalue weighted by Gasteiger charge is -2.18. The first-order valence-corrected chi connectivity index (χ1v) is 27.4. The van der Waals surface area contributed by atoms with Crippen molar-refractivity contribution in [2.45, 2.75) is 245 Å². The smallest absolute Gasteiger partial charge is 0.306 e. The zero-order valence-electron chi connectivity index (χ0n) is 43.2. The van der Waals surface area contributed by atoms with Crippen molar-refractivity contribution in [2.75, 3.05) is 19.8 Å². The second kappa shape index (κ2) is 55.9. The Balaban J connectivity index is 4.39. The van der Waals surface area contributed by atoms with Gasteiger partial charge in [0.2, 0.25) is 0 Å². The Kier molecular flexibility index (Phi) is 53.0. The van der Waals surface area contributed by atoms with E-state index in [2.05, 4.69) is 130 Å². The summed E-state index contributed by atoms with van der Waals surface area (Å²) in [7, 11) is 0. The molecule has 0 spiro atoms. The van der Waals surface area contributed by atoms with Crippen molar-refractivity contribution in [3.8, 4) is 0 Å². The molecule has 66 heavy (non-hydrogen) atoms. The second-order valence-corrected chi connectivity index (χ2v) is 17.7. The van der Waals surface area contributed by atoms with Gasteiger partial charge in [-0.25, -0.2) is 0 Å². The van der Waals surface area contributed by atoms with Gasteiger partial charge < -0.3 is 14.2 Å². The molecule has 0 aromatic heterocycles. The molecule has 0 radical (unpaired) electrons. The number of hydrogen-bond acceptors (Lipinski definition) is 5. The van der Waals surface area contributed by atoms with E-state index in [-0.39, 0.29) is 25.2 Å². The number of hydrogen-bond donors (Lipinski definition) is 0. The third-order valence-electron chi connectivity index (χ3n) is 11.3. The van der Waals surface area contributed by atoms with Gasteiger partial charge in [0.1, 0.15) is 6.61 Å². The molecule has 1 atom stereocenters. The van der Waals surface area contributed by atoms with Crippen molar-refractivity contribution in [3.63, 3.8) is 0 Å². The first-order valence-electron chi connectivity index (χ1n) is 27.4. The summed E-state index contributed by atoms with van der Waals surface area (Å²) in [5.74, 6) is -0.469. The maximum absolute atomic E-state index is 12.8. The van der Waals surface area contributed by atoms with Crippen LogP contribution < -0.4 is 0 Å². The molecule has 0 rings (SSSR count). The number of rotatable bonds is 49. The van der Waals surface area contributed by atoms with Crippen molar-refractivity contribution in [1.29, 1.82) is 0 Å². The van der Waals surface area contributed by atoms with Crippen LogP contribution in [0.5, 0.6) is 0 Å². The van der Waals surface area contributed by atoms with Crippen molar-refractivity contribution >= 4 is 11.9 Å². The van der Waals surface area contributed by atoms with Crippen LogP contribution in [0.1, 0.15) is 239 Å². The molecule has 0 aliphatic carbocycles. The van der Waals surface area contributed by atoms with Gasteiger partial charge in [0.25, 0.3) is 0 Å². The molecule has 0 N–H and O–H groups in total. The highest BCUT2D eigenvalue weighted by Crippen LogP contribution is 2.13. The Morgan fingerprint density at radius 1 is 0.348 bits per heavy atom. The van der Waals surface area contributed by atoms with Crippen LogP contribution in [-0.2, 0) is 23.8 Å². The highest BCUT2D eigenvalue weighted by atomic mass is 16.6. The van der Waals surface area contributed by atoms with Crippen LogP contribution in [0.4, 0.5) is 0 Å². The molecule has 0 amide bonds. The average molecular weight is 915 g/mol. The minimum atomic E-state index is -0.576. The Morgan fingerprint density at radius 2 is 0.682 bits per heavy atom. The molecule has 0 heterocycles. The molecule has 0 bridgehead atoms. The summed E-state index contributed by atoms with van der Waals surface area (Å²) < 4.78 is 17.4. The van der Waals surface area contributed by atoms with Gasteiger partial charge in [-0.3, -0.25) is 9.59 Å². The van der Waals surface area contributed by atoms with Crippen LogP contribution in [0.2, 0.25) is 0 Å². The highest BCUT2D eigenvalue weighted by Gasteiger charge is 2.17. The molecule has 0 aromatic carbocycles. The fourth-order valence-electron chi connectivity index (χ4n) is 7.18. The van der Waals surface area contributed by atoms with Crippen LogP contribution in [-0.4, -0.2) is 37.9 Å². The molecule has 0 aliphatic heterocycles. The highest BCUT2D eigenvalue weighted by molar-refractivity contribution is 5.70. The van der Waals surface area contributed by atoms with Crippen LogP contribution >= 0.6 is 0 Å². The van der Waals surface area contributed by atoms with Crippen LogP contribution in [0.15, 0.2) is 109 Å². The minimum absolute atomic E-state index is 0.0513. The zero-order chi connectivity index (χ0) is 47.7. The van der Waals surface area contributed by atoms with E-state index in [1.165, 1.54) is 96.3 Å². The van der Waals surface area contributed by atoms with Gasteiger partial charge in [-0.05, 0) is 128 Å². The van der Waals surface area contributed by atoms with Crippen LogP contribution in [0.25, 0.3) is 0 Å². The Hall–Kier alpha value is -3.44. The first-order chi connectivity index (χ1) is 32.6. The van der Waals surface area contributed by atoms with Gasteiger partial charge in [-0.1, -0.05) is 207 Å². The first kappa shape index (κ1) is 62.6. The standard InChI is InChI=1S/C61H102O5/c1-4-7-10-13-16-19-22-25-28-30-31-32-34-36-39-42-45-48-51-54-60(62)65-58-59(57-64-56-53-50-47-44-41-38-35-29-26-23-20-17-14-11-8-5-2)66-61(63)55-52-49-46-43-40-37-33-27-24-21-18-15-12-9-6-3/h9,12,16-21,25-29,31-33,40,43,59H,4-8,10-11,13-15,22-24,30,34-39,41-42,44-58H2,1-3H3/b12-9-,19-16-,20-17-,21-18-,28-25-,29-26-,32-31-,33-27-,43-40-. The van der Waals surface area contributed by atoms with E-state index in [1.807, 2.05) is 0 Å². The topological polar surface area (TPSA) is 61.8 Å². The van der Waals surface area contributed by atoms with E-state index in [4.69, 9.17) is 14.2 Å². The normalized spacial score (nSPS) is 13.1. The van der Waals surface area contributed by atoms with E-state index in [0.29, 0.717) is 19.4 Å². The molecule has 0 aliphatic rings. The van der Waals surface area contributed by atoms with Gasteiger partial charge in [-0.2, -0.15) is 0 Å². The van der Waals surface area contributed by atoms with Crippen LogP contribution in [0, 0.1) is 0 Å². The molecule has 0 aromatic rings. The second-order valence-electron chi connectivity index (χ2n) is 17.7. The van der Waals surface area contributed by atoms with E-state index in [9.17, 15) is 9.59 Å². The number of allylic oxidation sites excluding steroid dienone is 18. The van der Waals surface area contributed by atoms with Crippen molar-refractivity contribution in [2.24, 2.45) is 0 Å². The third kappa shape index (κ3) is 53.2. The lowest BCUT2D eigenvalue weighted by molar-refractivity contribution is -0.163. The Morgan fingerprint density at radius 3 is 1.12 bits per heavy atom. The predicted molar refractivity (Wildman–Crippen MR) is 288 cm³/mol. The third-order valence-corrected chi connectivity index (χ3v) is 11.3. The maximum atomic E-state index is 12.8. The summed E-state index contributed by atoms with van der Waals surface area (Å²) in [5.41, 5.74) is 0. The zero-order valence-corrected chi connectivity index (χ0v) is 43.2. The number of esters is 2.